The number of nitrogens with zero attached hydrogens (tertiary/aromatic N) is 1. The molecule has 63 heavy (non-hydrogen) atoms. The minimum Gasteiger partial charge on any atom is -0.309 e. The molecular weight excluding hydrogens is 759 g/mol. The zero-order chi connectivity index (χ0) is 43.3. The van der Waals surface area contributed by atoms with E-state index in [0.29, 0.717) is 5.92 Å². The van der Waals surface area contributed by atoms with Crippen LogP contribution in [0.4, 0.5) is 17.1 Å². The summed E-state index contributed by atoms with van der Waals surface area (Å²) in [4.78, 5) is 2.54. The molecule has 1 nitrogen and oxygen atoms in total. The van der Waals surface area contributed by atoms with Crippen molar-refractivity contribution in [1.29, 1.82) is 0 Å². The van der Waals surface area contributed by atoms with E-state index in [-0.39, 0.29) is 10.8 Å². The number of hydrogen-bond acceptors (Lipinski definition) is 1. The summed E-state index contributed by atoms with van der Waals surface area (Å²) in [6, 6.07) is 68.8. The predicted molar refractivity (Wildman–Crippen MR) is 273 cm³/mol. The van der Waals surface area contributed by atoms with Crippen LogP contribution < -0.4 is 4.90 Å². The van der Waals surface area contributed by atoms with Gasteiger partial charge in [0.1, 0.15) is 0 Å². The van der Waals surface area contributed by atoms with Gasteiger partial charge in [-0.1, -0.05) is 219 Å². The lowest BCUT2D eigenvalue weighted by Gasteiger charge is -2.31. The van der Waals surface area contributed by atoms with E-state index in [9.17, 15) is 0 Å². The Morgan fingerprint density at radius 2 is 0.952 bits per heavy atom. The van der Waals surface area contributed by atoms with Crippen molar-refractivity contribution in [3.05, 3.63) is 199 Å². The van der Waals surface area contributed by atoms with Crippen molar-refractivity contribution in [2.24, 2.45) is 0 Å². The summed E-state index contributed by atoms with van der Waals surface area (Å²) in [5, 5.41) is 7.84. The molecule has 10 rings (SSSR count). The highest BCUT2D eigenvalue weighted by molar-refractivity contribution is 6.12. The van der Waals surface area contributed by atoms with Crippen LogP contribution in [-0.4, -0.2) is 0 Å². The summed E-state index contributed by atoms with van der Waals surface area (Å²) in [6.07, 6.45) is 6.49. The standard InChI is InChI=1S/C62H59N/c1-61(2,3)47-39-46(40-48(41-47)62(4,5)6)52-25-12-14-31-58(52)63(49-36-33-44(34-37-49)51-27-18-29-54-50-24-11-10-21-43(50)35-38-55(51)54)59-32-15-13-26-56(59)57-30-17-23-45-22-16-28-53(60(45)57)42-19-8-7-9-20-42/h10-18,21-42H,7-9,19-20H2,1-6H3. The molecule has 9 aromatic rings. The van der Waals surface area contributed by atoms with Crippen molar-refractivity contribution in [3.63, 3.8) is 0 Å². The lowest BCUT2D eigenvalue weighted by Crippen LogP contribution is -2.17. The molecule has 0 atom stereocenters. The maximum Gasteiger partial charge on any atom is 0.0540 e. The molecule has 1 saturated carbocycles. The molecule has 0 bridgehead atoms. The lowest BCUT2D eigenvalue weighted by molar-refractivity contribution is 0.445. The average molecular weight is 818 g/mol. The SMILES string of the molecule is CC(C)(C)c1cc(-c2ccccc2N(c2ccc(-c3cccc4c3ccc3ccccc34)cc2)c2ccccc2-c2cccc3cccc(C4CCCCC4)c23)cc(C(C)(C)C)c1. The highest BCUT2D eigenvalue weighted by atomic mass is 15.1. The normalized spacial score (nSPS) is 13.8. The predicted octanol–water partition coefficient (Wildman–Crippen LogP) is 18.3. The molecule has 1 aliphatic carbocycles. The minimum absolute atomic E-state index is 0.00856. The van der Waals surface area contributed by atoms with Gasteiger partial charge in [0.05, 0.1) is 11.4 Å². The van der Waals surface area contributed by atoms with Gasteiger partial charge in [-0.2, -0.15) is 0 Å². The Morgan fingerprint density at radius 3 is 1.67 bits per heavy atom. The first kappa shape index (κ1) is 40.6. The smallest absolute Gasteiger partial charge is 0.0540 e. The third-order valence-electron chi connectivity index (χ3n) is 13.8. The zero-order valence-electron chi connectivity index (χ0n) is 37.9. The van der Waals surface area contributed by atoms with Crippen LogP contribution in [0.15, 0.2) is 182 Å². The second kappa shape index (κ2) is 16.4. The quantitative estimate of drug-likeness (QED) is 0.145. The van der Waals surface area contributed by atoms with Crippen molar-refractivity contribution >= 4 is 49.4 Å². The Labute approximate surface area is 375 Å². The van der Waals surface area contributed by atoms with E-state index in [0.717, 1.165) is 11.4 Å². The number of anilines is 3. The molecule has 312 valence electrons. The zero-order valence-corrected chi connectivity index (χ0v) is 37.9. The Hall–Kier alpha value is -6.44. The van der Waals surface area contributed by atoms with Gasteiger partial charge in [-0.3, -0.25) is 0 Å². The number of para-hydroxylation sites is 2. The van der Waals surface area contributed by atoms with Crippen LogP contribution in [0.2, 0.25) is 0 Å². The van der Waals surface area contributed by atoms with Crippen molar-refractivity contribution in [2.45, 2.75) is 90.4 Å². The van der Waals surface area contributed by atoms with Crippen LogP contribution in [0.25, 0.3) is 65.7 Å². The molecule has 1 fully saturated rings. The highest BCUT2D eigenvalue weighted by Crippen LogP contribution is 2.49. The van der Waals surface area contributed by atoms with Gasteiger partial charge in [0.2, 0.25) is 0 Å². The molecule has 0 spiro atoms. The van der Waals surface area contributed by atoms with Crippen molar-refractivity contribution in [2.75, 3.05) is 4.90 Å². The fraction of sp³-hybridized carbons (Fsp3) is 0.226. The monoisotopic (exact) mass is 817 g/mol. The maximum absolute atomic E-state index is 2.54. The van der Waals surface area contributed by atoms with E-state index < -0.39 is 0 Å². The van der Waals surface area contributed by atoms with Gasteiger partial charge in [-0.25, -0.2) is 0 Å². The first-order chi connectivity index (χ1) is 30.5. The van der Waals surface area contributed by atoms with E-state index in [1.54, 1.807) is 0 Å². The number of benzene rings is 9. The molecule has 0 N–H and O–H groups in total. The van der Waals surface area contributed by atoms with Gasteiger partial charge in [-0.15, -0.1) is 0 Å². The molecule has 1 aliphatic rings. The molecule has 0 radical (unpaired) electrons. The molecule has 0 heterocycles. The van der Waals surface area contributed by atoms with Crippen LogP contribution >= 0.6 is 0 Å². The average Bonchev–Trinajstić information content (AvgIpc) is 3.31. The topological polar surface area (TPSA) is 3.24 Å². The second-order valence-corrected chi connectivity index (χ2v) is 20.0. The molecule has 0 aliphatic heterocycles. The Kier molecular flexibility index (Phi) is 10.5. The molecule has 0 saturated heterocycles. The summed E-state index contributed by atoms with van der Waals surface area (Å²) in [5.74, 6) is 0.583. The molecule has 1 heteroatoms. The fourth-order valence-corrected chi connectivity index (χ4v) is 10.3. The van der Waals surface area contributed by atoms with Crippen LogP contribution in [-0.2, 0) is 10.8 Å². The number of hydrogen-bond donors (Lipinski definition) is 0. The summed E-state index contributed by atoms with van der Waals surface area (Å²) >= 11 is 0. The molecule has 0 unspecified atom stereocenters. The first-order valence-electron chi connectivity index (χ1n) is 23.2. The third kappa shape index (κ3) is 7.73. The molecule has 0 amide bonds. The van der Waals surface area contributed by atoms with Crippen LogP contribution in [0, 0.1) is 0 Å². The summed E-state index contributed by atoms with van der Waals surface area (Å²) in [7, 11) is 0. The Bertz CT molecular complexity index is 3070. The Balaban J connectivity index is 1.20. The van der Waals surface area contributed by atoms with Crippen LogP contribution in [0.3, 0.4) is 0 Å². The van der Waals surface area contributed by atoms with Crippen LogP contribution in [0.1, 0.15) is 96.3 Å². The summed E-state index contributed by atoms with van der Waals surface area (Å²) in [5.41, 5.74) is 15.1. The van der Waals surface area contributed by atoms with Gasteiger partial charge in [-0.05, 0) is 125 Å². The first-order valence-corrected chi connectivity index (χ1v) is 23.2. The minimum atomic E-state index is -0.00856. The van der Waals surface area contributed by atoms with E-state index in [1.807, 2.05) is 0 Å². The Morgan fingerprint density at radius 1 is 0.397 bits per heavy atom. The summed E-state index contributed by atoms with van der Waals surface area (Å²) < 4.78 is 0. The van der Waals surface area contributed by atoms with E-state index in [2.05, 4.69) is 228 Å². The van der Waals surface area contributed by atoms with Gasteiger partial charge in [0.25, 0.3) is 0 Å². The van der Waals surface area contributed by atoms with E-state index >= 15 is 0 Å². The second-order valence-electron chi connectivity index (χ2n) is 20.0. The van der Waals surface area contributed by atoms with E-state index in [4.69, 9.17) is 0 Å². The van der Waals surface area contributed by atoms with Gasteiger partial charge in [0, 0.05) is 16.8 Å². The fourth-order valence-electron chi connectivity index (χ4n) is 10.3. The van der Waals surface area contributed by atoms with Crippen molar-refractivity contribution in [3.8, 4) is 33.4 Å². The van der Waals surface area contributed by atoms with Gasteiger partial charge < -0.3 is 4.90 Å². The molecule has 9 aromatic carbocycles. The van der Waals surface area contributed by atoms with Gasteiger partial charge >= 0.3 is 0 Å². The van der Waals surface area contributed by atoms with E-state index in [1.165, 1.54) is 120 Å². The molecular formula is C62H59N. The molecule has 0 aromatic heterocycles. The largest absolute Gasteiger partial charge is 0.309 e. The number of rotatable bonds is 7. The highest BCUT2D eigenvalue weighted by Gasteiger charge is 2.26. The lowest BCUT2D eigenvalue weighted by atomic mass is 9.78. The van der Waals surface area contributed by atoms with Crippen molar-refractivity contribution in [1.82, 2.24) is 0 Å². The van der Waals surface area contributed by atoms with Gasteiger partial charge in [0.15, 0.2) is 0 Å². The summed E-state index contributed by atoms with van der Waals surface area (Å²) in [6.45, 7) is 14.0. The number of fused-ring (bicyclic) bond motifs is 4. The van der Waals surface area contributed by atoms with Crippen molar-refractivity contribution < 1.29 is 0 Å². The maximum atomic E-state index is 2.54. The third-order valence-corrected chi connectivity index (χ3v) is 13.8. The van der Waals surface area contributed by atoms with Crippen LogP contribution in [0.5, 0.6) is 0 Å².